The van der Waals surface area contributed by atoms with Crippen molar-refractivity contribution in [2.24, 2.45) is 11.8 Å². The van der Waals surface area contributed by atoms with Crippen LogP contribution in [-0.2, 0) is 9.59 Å². The molecule has 1 N–H and O–H groups in total. The predicted octanol–water partition coefficient (Wildman–Crippen LogP) is 5.08. The van der Waals surface area contributed by atoms with Crippen molar-refractivity contribution >= 4 is 23.7 Å². The Kier molecular flexibility index (Phi) is 8.25. The summed E-state index contributed by atoms with van der Waals surface area (Å²) in [5.41, 5.74) is 2.30. The lowest BCUT2D eigenvalue weighted by molar-refractivity contribution is -0.121. The maximum Gasteiger partial charge on any atom is 0.227 e. The molecule has 2 amide bonds. The van der Waals surface area contributed by atoms with Crippen LogP contribution >= 0.6 is 0 Å². The minimum Gasteiger partial charge on any atom is -0.370 e. The van der Waals surface area contributed by atoms with Crippen LogP contribution in [0.2, 0.25) is 0 Å². The van der Waals surface area contributed by atoms with Crippen LogP contribution < -0.4 is 10.2 Å². The van der Waals surface area contributed by atoms with E-state index in [1.54, 1.807) is 0 Å². The van der Waals surface area contributed by atoms with Gasteiger partial charge in [0.1, 0.15) is 6.07 Å². The number of piperidine rings is 1. The number of benzene rings is 1. The number of nitrogens with one attached hydrogen (secondary N) is 1. The van der Waals surface area contributed by atoms with Gasteiger partial charge in [0.25, 0.3) is 0 Å². The van der Waals surface area contributed by atoms with Crippen molar-refractivity contribution in [2.75, 3.05) is 29.9 Å². The Bertz CT molecular complexity index is 852. The summed E-state index contributed by atoms with van der Waals surface area (Å²) in [5.74, 6) is 0.718. The van der Waals surface area contributed by atoms with Crippen molar-refractivity contribution in [1.82, 2.24) is 4.90 Å². The number of carbonyl (C=O) groups excluding carboxylic acids is 2. The van der Waals surface area contributed by atoms with Crippen molar-refractivity contribution in [3.63, 3.8) is 0 Å². The lowest BCUT2D eigenvalue weighted by Gasteiger charge is -2.37. The normalized spacial score (nSPS) is 22.0. The Morgan fingerprint density at radius 3 is 2.58 bits per heavy atom. The molecule has 0 aromatic heterocycles. The molecule has 6 heteroatoms. The molecule has 1 aromatic carbocycles. The van der Waals surface area contributed by atoms with E-state index in [-0.39, 0.29) is 11.8 Å². The molecule has 4 rings (SSSR count). The number of nitriles is 1. The molecule has 0 bridgehead atoms. The quantitative estimate of drug-likeness (QED) is 0.560. The number of anilines is 2. The number of hydrogen-bond donors (Lipinski definition) is 1. The number of amides is 2. The summed E-state index contributed by atoms with van der Waals surface area (Å²) in [6.45, 7) is 2.70. The average Bonchev–Trinajstić information content (AvgIpc) is 3.40. The molecule has 1 aromatic rings. The summed E-state index contributed by atoms with van der Waals surface area (Å²) in [7, 11) is 0. The Morgan fingerprint density at radius 2 is 1.85 bits per heavy atom. The van der Waals surface area contributed by atoms with Crippen molar-refractivity contribution < 1.29 is 9.59 Å². The zero-order valence-electron chi connectivity index (χ0n) is 19.8. The van der Waals surface area contributed by atoms with Crippen LogP contribution in [0, 0.1) is 23.2 Å². The van der Waals surface area contributed by atoms with Crippen LogP contribution in [0.5, 0.6) is 0 Å². The molecule has 33 heavy (non-hydrogen) atoms. The molecule has 1 saturated heterocycles. The Morgan fingerprint density at radius 1 is 1.09 bits per heavy atom. The summed E-state index contributed by atoms with van der Waals surface area (Å²) >= 11 is 0. The summed E-state index contributed by atoms with van der Waals surface area (Å²) < 4.78 is 0. The molecule has 178 valence electrons. The molecule has 2 saturated carbocycles. The molecule has 3 aliphatic rings. The first-order chi connectivity index (χ1) is 16.2. The van der Waals surface area contributed by atoms with Gasteiger partial charge in [0, 0.05) is 37.3 Å². The zero-order chi connectivity index (χ0) is 23.0. The lowest BCUT2D eigenvalue weighted by atomic mass is 9.91. The molecule has 1 atom stereocenters. The SMILES string of the molecule is N#Cc1cc(NC(=O)C2CCCC2)ccc1N1CCCC(CCN(C=O)C2CCCCC2)C1. The minimum atomic E-state index is 0.0832. The lowest BCUT2D eigenvalue weighted by Crippen LogP contribution is -2.40. The van der Waals surface area contributed by atoms with Crippen LogP contribution in [0.1, 0.15) is 82.6 Å². The summed E-state index contributed by atoms with van der Waals surface area (Å²) in [5, 5.41) is 12.8. The van der Waals surface area contributed by atoms with Gasteiger partial charge in [0.15, 0.2) is 0 Å². The molecule has 0 spiro atoms. The second-order valence-electron chi connectivity index (χ2n) is 10.2. The van der Waals surface area contributed by atoms with Gasteiger partial charge in [-0.15, -0.1) is 0 Å². The number of rotatable bonds is 8. The highest BCUT2D eigenvalue weighted by atomic mass is 16.2. The van der Waals surface area contributed by atoms with E-state index in [1.165, 1.54) is 25.7 Å². The monoisotopic (exact) mass is 450 g/mol. The van der Waals surface area contributed by atoms with E-state index in [4.69, 9.17) is 0 Å². The maximum atomic E-state index is 12.5. The molecule has 3 fully saturated rings. The fourth-order valence-corrected chi connectivity index (χ4v) is 6.00. The van der Waals surface area contributed by atoms with Crippen LogP contribution in [0.15, 0.2) is 18.2 Å². The Balaban J connectivity index is 1.35. The third kappa shape index (κ3) is 6.07. The summed E-state index contributed by atoms with van der Waals surface area (Å²) in [6.07, 6.45) is 14.6. The smallest absolute Gasteiger partial charge is 0.227 e. The highest BCUT2D eigenvalue weighted by molar-refractivity contribution is 5.93. The van der Waals surface area contributed by atoms with E-state index < -0.39 is 0 Å². The van der Waals surface area contributed by atoms with E-state index in [0.29, 0.717) is 17.5 Å². The Hall–Kier alpha value is -2.55. The van der Waals surface area contributed by atoms with Gasteiger partial charge in [-0.1, -0.05) is 32.1 Å². The fourth-order valence-electron chi connectivity index (χ4n) is 6.00. The molecule has 1 unspecified atom stereocenters. The molecular weight excluding hydrogens is 412 g/mol. The number of hydrogen-bond acceptors (Lipinski definition) is 4. The number of carbonyl (C=O) groups is 2. The van der Waals surface area contributed by atoms with E-state index in [9.17, 15) is 14.9 Å². The largest absolute Gasteiger partial charge is 0.370 e. The van der Waals surface area contributed by atoms with Crippen molar-refractivity contribution in [1.29, 1.82) is 5.26 Å². The van der Waals surface area contributed by atoms with Crippen LogP contribution in [0.25, 0.3) is 0 Å². The van der Waals surface area contributed by atoms with Crippen molar-refractivity contribution in [3.8, 4) is 6.07 Å². The first-order valence-electron chi connectivity index (χ1n) is 13.0. The van der Waals surface area contributed by atoms with Crippen LogP contribution in [0.4, 0.5) is 11.4 Å². The summed E-state index contributed by atoms with van der Waals surface area (Å²) in [4.78, 5) is 28.5. The minimum absolute atomic E-state index is 0.0832. The summed E-state index contributed by atoms with van der Waals surface area (Å²) in [6, 6.07) is 8.52. The first-order valence-corrected chi connectivity index (χ1v) is 13.0. The highest BCUT2D eigenvalue weighted by Gasteiger charge is 2.26. The van der Waals surface area contributed by atoms with Crippen molar-refractivity contribution in [2.45, 2.75) is 83.1 Å². The van der Waals surface area contributed by atoms with Crippen molar-refractivity contribution in [3.05, 3.63) is 23.8 Å². The molecule has 1 heterocycles. The van der Waals surface area contributed by atoms with Gasteiger partial charge in [0.05, 0.1) is 11.3 Å². The second-order valence-corrected chi connectivity index (χ2v) is 10.2. The standard InChI is InChI=1S/C27H38N4O2/c28-18-23-17-24(29-27(33)22-8-4-5-9-22)12-13-26(23)30-15-6-7-21(19-30)14-16-31(20-32)25-10-2-1-3-11-25/h12-13,17,20-22,25H,1-11,14-16,19H2,(H,29,33). The van der Waals surface area contributed by atoms with Crippen LogP contribution in [0.3, 0.4) is 0 Å². The highest BCUT2D eigenvalue weighted by Crippen LogP contribution is 2.31. The second kappa shape index (κ2) is 11.5. The third-order valence-corrected chi connectivity index (χ3v) is 7.94. The average molecular weight is 451 g/mol. The third-order valence-electron chi connectivity index (χ3n) is 7.94. The topological polar surface area (TPSA) is 76.4 Å². The van der Waals surface area contributed by atoms with Gasteiger partial charge in [-0.2, -0.15) is 5.26 Å². The molecular formula is C27H38N4O2. The van der Waals surface area contributed by atoms with E-state index in [0.717, 1.165) is 88.8 Å². The fraction of sp³-hybridized carbons (Fsp3) is 0.667. The number of nitrogens with zero attached hydrogens (tertiary/aromatic N) is 3. The first kappa shape index (κ1) is 23.6. The zero-order valence-corrected chi connectivity index (χ0v) is 19.8. The van der Waals surface area contributed by atoms with Gasteiger partial charge in [-0.3, -0.25) is 9.59 Å². The Labute approximate surface area is 198 Å². The molecule has 6 nitrogen and oxygen atoms in total. The molecule has 0 radical (unpaired) electrons. The van der Waals surface area contributed by atoms with Gasteiger partial charge in [-0.05, 0) is 69.1 Å². The molecule has 1 aliphatic heterocycles. The van der Waals surface area contributed by atoms with E-state index in [1.807, 2.05) is 23.1 Å². The van der Waals surface area contributed by atoms with Gasteiger partial charge in [-0.25, -0.2) is 0 Å². The maximum absolute atomic E-state index is 12.5. The molecule has 2 aliphatic carbocycles. The predicted molar refractivity (Wildman–Crippen MR) is 131 cm³/mol. The van der Waals surface area contributed by atoms with Gasteiger partial charge < -0.3 is 15.1 Å². The van der Waals surface area contributed by atoms with Gasteiger partial charge in [0.2, 0.25) is 12.3 Å². The van der Waals surface area contributed by atoms with E-state index >= 15 is 0 Å². The van der Waals surface area contributed by atoms with E-state index in [2.05, 4.69) is 16.3 Å². The van der Waals surface area contributed by atoms with Gasteiger partial charge >= 0.3 is 0 Å². The van der Waals surface area contributed by atoms with Crippen LogP contribution in [-0.4, -0.2) is 42.9 Å².